The number of hydrogen-bond donors (Lipinski definition) is 0. The predicted octanol–water partition coefficient (Wildman–Crippen LogP) is 3.42. The van der Waals surface area contributed by atoms with Crippen LogP contribution in [0.15, 0.2) is 51.8 Å². The van der Waals surface area contributed by atoms with Crippen molar-refractivity contribution >= 4 is 43.5 Å². The van der Waals surface area contributed by atoms with Gasteiger partial charge in [-0.3, -0.25) is 9.59 Å². The van der Waals surface area contributed by atoms with Crippen molar-refractivity contribution in [1.82, 2.24) is 0 Å². The van der Waals surface area contributed by atoms with Crippen molar-refractivity contribution in [2.75, 3.05) is 4.31 Å². The quantitative estimate of drug-likeness (QED) is 0.553. The van der Waals surface area contributed by atoms with Crippen LogP contribution in [-0.2, 0) is 19.6 Å². The van der Waals surface area contributed by atoms with Gasteiger partial charge in [0.25, 0.3) is 10.0 Å². The van der Waals surface area contributed by atoms with Crippen molar-refractivity contribution in [2.24, 2.45) is 0 Å². The Morgan fingerprint density at radius 3 is 2.12 bits per heavy atom. The van der Waals surface area contributed by atoms with E-state index in [0.717, 1.165) is 8.78 Å². The summed E-state index contributed by atoms with van der Waals surface area (Å²) >= 11 is 3.25. The molecule has 0 aliphatic heterocycles. The van der Waals surface area contributed by atoms with Crippen LogP contribution in [0.2, 0.25) is 0 Å². The van der Waals surface area contributed by atoms with Crippen molar-refractivity contribution in [3.05, 3.63) is 52.5 Å². The van der Waals surface area contributed by atoms with E-state index in [2.05, 4.69) is 15.9 Å². The average molecular weight is 426 g/mol. The maximum Gasteiger partial charge on any atom is 0.308 e. The fourth-order valence-electron chi connectivity index (χ4n) is 2.27. The number of carbonyl (C=O) groups is 2. The molecule has 1 amide bonds. The molecule has 8 heteroatoms. The molecular formula is C17H16BrNO5S. The molecular weight excluding hydrogens is 410 g/mol. The molecule has 25 heavy (non-hydrogen) atoms. The van der Waals surface area contributed by atoms with Crippen molar-refractivity contribution < 1.29 is 22.7 Å². The van der Waals surface area contributed by atoms with Gasteiger partial charge in [0.15, 0.2) is 0 Å². The summed E-state index contributed by atoms with van der Waals surface area (Å²) in [5, 5.41) is 0. The van der Waals surface area contributed by atoms with Crippen molar-refractivity contribution in [3.8, 4) is 5.75 Å². The minimum Gasteiger partial charge on any atom is -0.427 e. The van der Waals surface area contributed by atoms with E-state index in [1.165, 1.54) is 44.2 Å². The first-order valence-electron chi connectivity index (χ1n) is 7.23. The number of carbonyl (C=O) groups excluding carboxylic acids is 2. The first kappa shape index (κ1) is 19.1. The van der Waals surface area contributed by atoms with Gasteiger partial charge in [-0.15, -0.1) is 0 Å². The van der Waals surface area contributed by atoms with Crippen LogP contribution in [0.25, 0.3) is 0 Å². The summed E-state index contributed by atoms with van der Waals surface area (Å²) in [5.74, 6) is -0.859. The monoisotopic (exact) mass is 425 g/mol. The third-order valence-electron chi connectivity index (χ3n) is 3.29. The van der Waals surface area contributed by atoms with Crippen LogP contribution in [0.1, 0.15) is 19.4 Å². The maximum absolute atomic E-state index is 12.9. The van der Waals surface area contributed by atoms with E-state index in [1.54, 1.807) is 19.1 Å². The Morgan fingerprint density at radius 1 is 1.04 bits per heavy atom. The second-order valence-corrected chi connectivity index (χ2v) is 7.99. The van der Waals surface area contributed by atoms with E-state index in [-0.39, 0.29) is 16.3 Å². The molecule has 0 aliphatic rings. The Hall–Kier alpha value is -2.19. The number of hydrogen-bond acceptors (Lipinski definition) is 5. The number of nitrogens with zero attached hydrogens (tertiary/aromatic N) is 1. The third kappa shape index (κ3) is 4.26. The molecule has 0 N–H and O–H groups in total. The Kier molecular flexibility index (Phi) is 5.64. The van der Waals surface area contributed by atoms with Crippen LogP contribution in [-0.4, -0.2) is 20.3 Å². The van der Waals surface area contributed by atoms with E-state index in [0.29, 0.717) is 5.56 Å². The summed E-state index contributed by atoms with van der Waals surface area (Å²) < 4.78 is 32.3. The van der Waals surface area contributed by atoms with Gasteiger partial charge in [0.1, 0.15) is 5.75 Å². The van der Waals surface area contributed by atoms with Crippen LogP contribution in [0, 0.1) is 6.92 Å². The van der Waals surface area contributed by atoms with Crippen molar-refractivity contribution in [1.29, 1.82) is 0 Å². The fraction of sp³-hybridized carbons (Fsp3) is 0.176. The fourth-order valence-corrected chi connectivity index (χ4v) is 4.02. The normalized spacial score (nSPS) is 11.0. The molecule has 0 saturated carbocycles. The van der Waals surface area contributed by atoms with E-state index in [9.17, 15) is 18.0 Å². The highest BCUT2D eigenvalue weighted by atomic mass is 79.9. The van der Waals surface area contributed by atoms with Gasteiger partial charge in [0.2, 0.25) is 5.91 Å². The summed E-state index contributed by atoms with van der Waals surface area (Å²) in [6, 6.07) is 10.4. The number of halogens is 1. The van der Waals surface area contributed by atoms with E-state index in [4.69, 9.17) is 4.74 Å². The predicted molar refractivity (Wildman–Crippen MR) is 97.0 cm³/mol. The van der Waals surface area contributed by atoms with Gasteiger partial charge in [0.05, 0.1) is 10.6 Å². The molecule has 2 aromatic rings. The van der Waals surface area contributed by atoms with Gasteiger partial charge < -0.3 is 4.74 Å². The molecule has 132 valence electrons. The minimum absolute atomic E-state index is 0.00522. The molecule has 2 rings (SSSR count). The highest BCUT2D eigenvalue weighted by Crippen LogP contribution is 2.30. The Balaban J connectivity index is 2.53. The SMILES string of the molecule is CC(=O)Oc1ccc(N(C(C)=O)S(=O)(=O)c2ccc(Br)cc2)c(C)c1. The lowest BCUT2D eigenvalue weighted by Crippen LogP contribution is -2.35. The number of amides is 1. The second kappa shape index (κ2) is 7.37. The lowest BCUT2D eigenvalue weighted by molar-refractivity contribution is -0.131. The molecule has 0 aliphatic carbocycles. The molecule has 0 fully saturated rings. The Morgan fingerprint density at radius 2 is 1.64 bits per heavy atom. The first-order valence-corrected chi connectivity index (χ1v) is 9.47. The molecule has 0 aromatic heterocycles. The zero-order chi connectivity index (χ0) is 18.8. The molecule has 0 bridgehead atoms. The molecule has 6 nitrogen and oxygen atoms in total. The van der Waals surface area contributed by atoms with Crippen LogP contribution < -0.4 is 9.04 Å². The van der Waals surface area contributed by atoms with Gasteiger partial charge in [-0.1, -0.05) is 15.9 Å². The highest BCUT2D eigenvalue weighted by molar-refractivity contribution is 9.10. The number of esters is 1. The summed E-state index contributed by atoms with van der Waals surface area (Å²) in [7, 11) is -4.07. The summed E-state index contributed by atoms with van der Waals surface area (Å²) in [6.45, 7) is 4.08. The molecule has 2 aromatic carbocycles. The zero-order valence-corrected chi connectivity index (χ0v) is 16.2. The molecule has 0 saturated heterocycles. The van der Waals surface area contributed by atoms with Gasteiger partial charge in [-0.05, 0) is 55.0 Å². The maximum atomic E-state index is 12.9. The van der Waals surface area contributed by atoms with E-state index >= 15 is 0 Å². The van der Waals surface area contributed by atoms with Crippen molar-refractivity contribution in [2.45, 2.75) is 25.7 Å². The number of aryl methyl sites for hydroxylation is 1. The smallest absolute Gasteiger partial charge is 0.308 e. The standard InChI is InChI=1S/C17H16BrNO5S/c1-11-10-15(24-13(3)21)6-9-17(11)19(12(2)20)25(22,23)16-7-4-14(18)5-8-16/h4-10H,1-3H3. The van der Waals surface area contributed by atoms with E-state index in [1.807, 2.05) is 0 Å². The topological polar surface area (TPSA) is 80.8 Å². The van der Waals surface area contributed by atoms with Crippen LogP contribution in [0.5, 0.6) is 5.75 Å². The molecule has 0 spiro atoms. The second-order valence-electron chi connectivity index (χ2n) is 5.28. The number of ether oxygens (including phenoxy) is 1. The van der Waals surface area contributed by atoms with Crippen LogP contribution >= 0.6 is 15.9 Å². The van der Waals surface area contributed by atoms with E-state index < -0.39 is 21.9 Å². The summed E-state index contributed by atoms with van der Waals surface area (Å²) in [5.41, 5.74) is 0.681. The number of sulfonamides is 1. The number of rotatable bonds is 4. The lowest BCUT2D eigenvalue weighted by atomic mass is 10.2. The third-order valence-corrected chi connectivity index (χ3v) is 5.62. The van der Waals surface area contributed by atoms with Gasteiger partial charge >= 0.3 is 5.97 Å². The Bertz CT molecular complexity index is 923. The lowest BCUT2D eigenvalue weighted by Gasteiger charge is -2.23. The largest absolute Gasteiger partial charge is 0.427 e. The van der Waals surface area contributed by atoms with Crippen LogP contribution in [0.4, 0.5) is 5.69 Å². The number of anilines is 1. The zero-order valence-electron chi connectivity index (χ0n) is 13.8. The van der Waals surface area contributed by atoms with Gasteiger partial charge in [0, 0.05) is 18.3 Å². The molecule has 0 atom stereocenters. The Labute approximate surface area is 154 Å². The highest BCUT2D eigenvalue weighted by Gasteiger charge is 2.29. The first-order chi connectivity index (χ1) is 11.6. The average Bonchev–Trinajstić information content (AvgIpc) is 2.49. The molecule has 0 heterocycles. The summed E-state index contributed by atoms with van der Waals surface area (Å²) in [6.07, 6.45) is 0. The molecule has 0 unspecified atom stereocenters. The van der Waals surface area contributed by atoms with Gasteiger partial charge in [-0.25, -0.2) is 12.7 Å². The van der Waals surface area contributed by atoms with Crippen LogP contribution in [0.3, 0.4) is 0 Å². The minimum atomic E-state index is -4.07. The molecule has 0 radical (unpaired) electrons. The van der Waals surface area contributed by atoms with Gasteiger partial charge in [-0.2, -0.15) is 0 Å². The summed E-state index contributed by atoms with van der Waals surface area (Å²) in [4.78, 5) is 23.1. The van der Waals surface area contributed by atoms with Crippen molar-refractivity contribution in [3.63, 3.8) is 0 Å². The number of benzene rings is 2.